The van der Waals surface area contributed by atoms with Crippen molar-refractivity contribution in [2.24, 2.45) is 5.16 Å². The first kappa shape index (κ1) is 17.8. The van der Waals surface area contributed by atoms with Gasteiger partial charge in [-0.2, -0.15) is 0 Å². The number of esters is 1. The predicted molar refractivity (Wildman–Crippen MR) is 84.5 cm³/mol. The van der Waals surface area contributed by atoms with Crippen molar-refractivity contribution < 1.29 is 24.2 Å². The number of carbonyl (C=O) groups excluding carboxylic acids is 1. The van der Waals surface area contributed by atoms with Crippen molar-refractivity contribution in [3.63, 3.8) is 0 Å². The number of hydrogen-bond acceptors (Lipinski definition) is 6. The lowest BCUT2D eigenvalue weighted by molar-refractivity contribution is -0.145. The Balaban J connectivity index is 3.10. The minimum Gasteiger partial charge on any atom is -0.490 e. The minimum atomic E-state index is -0.469. The Hall–Kier alpha value is -1.28. The van der Waals surface area contributed by atoms with Gasteiger partial charge in [-0.05, 0) is 51.8 Å². The average molecular weight is 425 g/mol. The fourth-order valence-electron chi connectivity index (χ4n) is 1.49. The van der Waals surface area contributed by atoms with Crippen LogP contribution in [0.4, 0.5) is 0 Å². The monoisotopic (exact) mass is 423 g/mol. The standard InChI is InChI=1S/C13H15Br2NO5/c1-3-19-9-5-8(6-16-18)11(14)12(15)13(9)21-7-10(17)20-4-2/h5-6,18H,3-4,7H2,1-2H3/b16-6-. The molecule has 0 atom stereocenters. The topological polar surface area (TPSA) is 77.4 Å². The van der Waals surface area contributed by atoms with Gasteiger partial charge >= 0.3 is 5.97 Å². The van der Waals surface area contributed by atoms with Crippen molar-refractivity contribution in [3.8, 4) is 11.5 Å². The number of benzene rings is 1. The first-order chi connectivity index (χ1) is 10.0. The number of rotatable bonds is 7. The van der Waals surface area contributed by atoms with Crippen molar-refractivity contribution >= 4 is 44.0 Å². The van der Waals surface area contributed by atoms with E-state index in [0.29, 0.717) is 32.6 Å². The molecular formula is C13H15Br2NO5. The van der Waals surface area contributed by atoms with Gasteiger partial charge in [0.1, 0.15) is 0 Å². The van der Waals surface area contributed by atoms with Gasteiger partial charge < -0.3 is 19.4 Å². The SMILES string of the molecule is CCOC(=O)COc1c(OCC)cc(/C=N\O)c(Br)c1Br. The number of carbonyl (C=O) groups is 1. The third kappa shape index (κ3) is 4.89. The van der Waals surface area contributed by atoms with Crippen molar-refractivity contribution in [1.29, 1.82) is 0 Å². The Kier molecular flexibility index (Phi) is 7.52. The molecule has 1 N–H and O–H groups in total. The molecule has 1 aromatic carbocycles. The molecule has 1 rings (SSSR count). The maximum Gasteiger partial charge on any atom is 0.344 e. The molecule has 0 aromatic heterocycles. The Morgan fingerprint density at radius 3 is 2.57 bits per heavy atom. The molecule has 0 amide bonds. The molecule has 0 aliphatic rings. The highest BCUT2D eigenvalue weighted by Crippen LogP contribution is 2.42. The molecule has 8 heteroatoms. The van der Waals surface area contributed by atoms with E-state index < -0.39 is 5.97 Å². The number of halogens is 2. The summed E-state index contributed by atoms with van der Waals surface area (Å²) >= 11 is 6.72. The van der Waals surface area contributed by atoms with Gasteiger partial charge in [0.15, 0.2) is 18.1 Å². The van der Waals surface area contributed by atoms with Gasteiger partial charge in [0.05, 0.1) is 23.9 Å². The number of hydrogen-bond donors (Lipinski definition) is 1. The Labute approximate surface area is 139 Å². The molecule has 0 spiro atoms. The Bertz CT molecular complexity index is 534. The second kappa shape index (κ2) is 8.89. The Morgan fingerprint density at radius 1 is 1.29 bits per heavy atom. The van der Waals surface area contributed by atoms with E-state index >= 15 is 0 Å². The van der Waals surface area contributed by atoms with Crippen LogP contribution in [0.2, 0.25) is 0 Å². The fraction of sp³-hybridized carbons (Fsp3) is 0.385. The zero-order valence-electron chi connectivity index (χ0n) is 11.6. The van der Waals surface area contributed by atoms with Gasteiger partial charge in [0, 0.05) is 10.0 Å². The lowest BCUT2D eigenvalue weighted by atomic mass is 10.2. The largest absolute Gasteiger partial charge is 0.490 e. The van der Waals surface area contributed by atoms with Crippen LogP contribution in [0.15, 0.2) is 20.2 Å². The highest BCUT2D eigenvalue weighted by Gasteiger charge is 2.18. The summed E-state index contributed by atoms with van der Waals surface area (Å²) in [5.41, 5.74) is 0.594. The summed E-state index contributed by atoms with van der Waals surface area (Å²) in [6.07, 6.45) is 1.26. The second-order valence-electron chi connectivity index (χ2n) is 3.69. The van der Waals surface area contributed by atoms with Crippen LogP contribution in [0.3, 0.4) is 0 Å². The second-order valence-corrected chi connectivity index (χ2v) is 5.28. The summed E-state index contributed by atoms with van der Waals surface area (Å²) < 4.78 is 16.9. The van der Waals surface area contributed by atoms with Crippen LogP contribution in [0.5, 0.6) is 11.5 Å². The van der Waals surface area contributed by atoms with Crippen LogP contribution in [0, 0.1) is 0 Å². The molecule has 0 fully saturated rings. The number of oxime groups is 1. The van der Waals surface area contributed by atoms with Crippen molar-refractivity contribution in [3.05, 3.63) is 20.6 Å². The lowest BCUT2D eigenvalue weighted by Gasteiger charge is -2.15. The van der Waals surface area contributed by atoms with Gasteiger partial charge in [-0.15, -0.1) is 0 Å². The molecule has 0 bridgehead atoms. The van der Waals surface area contributed by atoms with Crippen LogP contribution in [-0.4, -0.2) is 37.2 Å². The molecule has 0 aliphatic carbocycles. The Morgan fingerprint density at radius 2 is 2.00 bits per heavy atom. The quantitative estimate of drug-likeness (QED) is 0.314. The number of nitrogens with zero attached hydrogens (tertiary/aromatic N) is 1. The molecule has 0 heterocycles. The van der Waals surface area contributed by atoms with Crippen LogP contribution in [0.1, 0.15) is 19.4 Å². The van der Waals surface area contributed by atoms with Gasteiger partial charge in [-0.25, -0.2) is 4.79 Å². The van der Waals surface area contributed by atoms with E-state index in [1.807, 2.05) is 6.92 Å². The van der Waals surface area contributed by atoms with E-state index in [1.54, 1.807) is 13.0 Å². The molecule has 21 heavy (non-hydrogen) atoms. The summed E-state index contributed by atoms with van der Waals surface area (Å²) in [5, 5.41) is 11.7. The molecule has 116 valence electrons. The van der Waals surface area contributed by atoms with E-state index in [4.69, 9.17) is 19.4 Å². The summed E-state index contributed by atoms with van der Waals surface area (Å²) in [7, 11) is 0. The first-order valence-electron chi connectivity index (χ1n) is 6.15. The highest BCUT2D eigenvalue weighted by atomic mass is 79.9. The van der Waals surface area contributed by atoms with Crippen molar-refractivity contribution in [1.82, 2.24) is 0 Å². The zero-order chi connectivity index (χ0) is 15.8. The van der Waals surface area contributed by atoms with Crippen LogP contribution in [0.25, 0.3) is 0 Å². The van der Waals surface area contributed by atoms with E-state index in [2.05, 4.69) is 37.0 Å². The van der Waals surface area contributed by atoms with Gasteiger partial charge in [-0.3, -0.25) is 0 Å². The summed E-state index contributed by atoms with van der Waals surface area (Å²) in [6, 6.07) is 1.64. The summed E-state index contributed by atoms with van der Waals surface area (Å²) in [4.78, 5) is 11.4. The van der Waals surface area contributed by atoms with E-state index in [1.165, 1.54) is 6.21 Å². The third-order valence-electron chi connectivity index (χ3n) is 2.29. The molecule has 0 saturated heterocycles. The molecule has 0 aliphatic heterocycles. The molecule has 0 saturated carbocycles. The maximum absolute atomic E-state index is 11.4. The van der Waals surface area contributed by atoms with Crippen molar-refractivity contribution in [2.45, 2.75) is 13.8 Å². The molecular weight excluding hydrogens is 410 g/mol. The average Bonchev–Trinajstić information content (AvgIpc) is 2.45. The molecule has 1 aromatic rings. The van der Waals surface area contributed by atoms with Crippen LogP contribution < -0.4 is 9.47 Å². The smallest absolute Gasteiger partial charge is 0.344 e. The van der Waals surface area contributed by atoms with Crippen molar-refractivity contribution in [2.75, 3.05) is 19.8 Å². The molecule has 0 radical (unpaired) electrons. The summed E-state index contributed by atoms with van der Waals surface area (Å²) in [6.45, 7) is 4.02. The molecule has 0 unspecified atom stereocenters. The van der Waals surface area contributed by atoms with Gasteiger partial charge in [0.25, 0.3) is 0 Å². The lowest BCUT2D eigenvalue weighted by Crippen LogP contribution is -2.15. The third-order valence-corrected chi connectivity index (χ3v) is 4.44. The summed E-state index contributed by atoms with van der Waals surface area (Å²) in [5.74, 6) is 0.322. The van der Waals surface area contributed by atoms with Gasteiger partial charge in [-0.1, -0.05) is 5.16 Å². The van der Waals surface area contributed by atoms with Crippen LogP contribution >= 0.6 is 31.9 Å². The number of ether oxygens (including phenoxy) is 3. The normalized spacial score (nSPS) is 10.7. The maximum atomic E-state index is 11.4. The molecule has 6 nitrogen and oxygen atoms in total. The van der Waals surface area contributed by atoms with E-state index in [0.717, 1.165) is 0 Å². The van der Waals surface area contributed by atoms with Gasteiger partial charge in [0.2, 0.25) is 0 Å². The zero-order valence-corrected chi connectivity index (χ0v) is 14.7. The highest BCUT2D eigenvalue weighted by molar-refractivity contribution is 9.13. The van der Waals surface area contributed by atoms with E-state index in [-0.39, 0.29) is 13.2 Å². The predicted octanol–water partition coefficient (Wildman–Crippen LogP) is 3.36. The van der Waals surface area contributed by atoms with E-state index in [9.17, 15) is 4.79 Å². The first-order valence-corrected chi connectivity index (χ1v) is 7.74. The minimum absolute atomic E-state index is 0.230. The fourth-order valence-corrected chi connectivity index (χ4v) is 2.43. The van der Waals surface area contributed by atoms with Crippen LogP contribution in [-0.2, 0) is 9.53 Å².